The molecular formula is C15H30O6SSi. The minimum absolute atomic E-state index is 0.216. The molecule has 23 heavy (non-hydrogen) atoms. The molecule has 6 nitrogen and oxygen atoms in total. The van der Waals surface area contributed by atoms with Crippen LogP contribution in [0.3, 0.4) is 0 Å². The lowest BCUT2D eigenvalue weighted by Crippen LogP contribution is -2.44. The summed E-state index contributed by atoms with van der Waals surface area (Å²) in [5, 5.41) is 10.2. The standard InChI is InChI=1S/C15H30O6SSi/c1-18-23(19-2,20-3)10-8-12-5-6-14(13(16)11-12)21-15(17)7-9-22-4/h12-14,16H,5-11H2,1-4H3. The van der Waals surface area contributed by atoms with Gasteiger partial charge in [0.15, 0.2) is 0 Å². The predicted molar refractivity (Wildman–Crippen MR) is 92.4 cm³/mol. The highest BCUT2D eigenvalue weighted by Crippen LogP contribution is 2.32. The zero-order valence-corrected chi connectivity index (χ0v) is 16.4. The third kappa shape index (κ3) is 6.72. The monoisotopic (exact) mass is 366 g/mol. The fraction of sp³-hybridized carbons (Fsp3) is 0.933. The smallest absolute Gasteiger partial charge is 0.460 e. The van der Waals surface area contributed by atoms with E-state index < -0.39 is 14.9 Å². The predicted octanol–water partition coefficient (Wildman–Crippen LogP) is 2.08. The van der Waals surface area contributed by atoms with Gasteiger partial charge in [0.05, 0.1) is 12.5 Å². The van der Waals surface area contributed by atoms with Gasteiger partial charge >= 0.3 is 14.8 Å². The third-order valence-corrected chi connectivity index (χ3v) is 7.83. The van der Waals surface area contributed by atoms with Gasteiger partial charge in [-0.1, -0.05) is 0 Å². The van der Waals surface area contributed by atoms with Gasteiger partial charge in [-0.2, -0.15) is 11.8 Å². The van der Waals surface area contributed by atoms with Gasteiger partial charge in [-0.25, -0.2) is 0 Å². The molecule has 0 spiro atoms. The van der Waals surface area contributed by atoms with E-state index in [1.165, 1.54) is 0 Å². The van der Waals surface area contributed by atoms with Crippen LogP contribution in [-0.4, -0.2) is 65.4 Å². The molecule has 0 saturated heterocycles. The first-order valence-corrected chi connectivity index (χ1v) is 11.3. The number of esters is 1. The Morgan fingerprint density at radius 2 is 1.87 bits per heavy atom. The summed E-state index contributed by atoms with van der Waals surface area (Å²) >= 11 is 1.61. The van der Waals surface area contributed by atoms with Gasteiger partial charge in [0.1, 0.15) is 6.10 Å². The van der Waals surface area contributed by atoms with Crippen molar-refractivity contribution in [2.24, 2.45) is 5.92 Å². The molecule has 1 N–H and O–H groups in total. The van der Waals surface area contributed by atoms with Crippen molar-refractivity contribution in [3.05, 3.63) is 0 Å². The number of ether oxygens (including phenoxy) is 1. The number of carbonyl (C=O) groups is 1. The van der Waals surface area contributed by atoms with Crippen molar-refractivity contribution in [1.29, 1.82) is 0 Å². The van der Waals surface area contributed by atoms with Gasteiger partial charge < -0.3 is 23.1 Å². The quantitative estimate of drug-likeness (QED) is 0.469. The maximum atomic E-state index is 11.7. The van der Waals surface area contributed by atoms with Gasteiger partial charge in [-0.3, -0.25) is 4.79 Å². The molecule has 1 aliphatic carbocycles. The van der Waals surface area contributed by atoms with E-state index in [2.05, 4.69) is 0 Å². The fourth-order valence-corrected chi connectivity index (χ4v) is 5.20. The van der Waals surface area contributed by atoms with Crippen LogP contribution in [0, 0.1) is 5.92 Å². The highest BCUT2D eigenvalue weighted by Gasteiger charge is 2.39. The zero-order valence-electron chi connectivity index (χ0n) is 14.6. The molecule has 0 aliphatic heterocycles. The van der Waals surface area contributed by atoms with E-state index in [-0.39, 0.29) is 12.1 Å². The van der Waals surface area contributed by atoms with Crippen molar-refractivity contribution in [2.75, 3.05) is 33.3 Å². The highest BCUT2D eigenvalue weighted by atomic mass is 32.2. The maximum Gasteiger partial charge on any atom is 0.500 e. The topological polar surface area (TPSA) is 74.2 Å². The molecule has 0 aromatic rings. The third-order valence-electron chi connectivity index (χ3n) is 4.45. The minimum Gasteiger partial charge on any atom is -0.460 e. The molecule has 3 atom stereocenters. The fourth-order valence-electron chi connectivity index (χ4n) is 2.95. The van der Waals surface area contributed by atoms with Crippen LogP contribution in [0.5, 0.6) is 0 Å². The maximum absolute atomic E-state index is 11.7. The van der Waals surface area contributed by atoms with Gasteiger partial charge in [0.25, 0.3) is 0 Å². The number of hydrogen-bond acceptors (Lipinski definition) is 7. The Kier molecular flexibility index (Phi) is 9.72. The van der Waals surface area contributed by atoms with E-state index in [9.17, 15) is 9.90 Å². The van der Waals surface area contributed by atoms with Crippen LogP contribution in [-0.2, 0) is 22.8 Å². The summed E-state index contributed by atoms with van der Waals surface area (Å²) in [5.41, 5.74) is 0. The first-order chi connectivity index (χ1) is 11.0. The van der Waals surface area contributed by atoms with Crippen LogP contribution >= 0.6 is 11.8 Å². The Morgan fingerprint density at radius 1 is 1.22 bits per heavy atom. The van der Waals surface area contributed by atoms with Crippen LogP contribution in [0.4, 0.5) is 0 Å². The molecule has 1 rings (SSSR count). The lowest BCUT2D eigenvalue weighted by molar-refractivity contribution is -0.158. The van der Waals surface area contributed by atoms with Crippen molar-refractivity contribution in [3.8, 4) is 0 Å². The van der Waals surface area contributed by atoms with Crippen LogP contribution in [0.15, 0.2) is 0 Å². The lowest BCUT2D eigenvalue weighted by Gasteiger charge is -2.34. The van der Waals surface area contributed by atoms with Crippen LogP contribution in [0.25, 0.3) is 0 Å². The van der Waals surface area contributed by atoms with E-state index >= 15 is 0 Å². The number of rotatable bonds is 10. The SMILES string of the molecule is CO[Si](CCC1CCC(OC(=O)CCSC)C(O)C1)(OC)OC. The molecule has 0 radical (unpaired) electrons. The first-order valence-electron chi connectivity index (χ1n) is 8.02. The molecule has 1 aliphatic rings. The van der Waals surface area contributed by atoms with Crippen LogP contribution in [0.2, 0.25) is 6.04 Å². The summed E-state index contributed by atoms with van der Waals surface area (Å²) in [6.07, 6.45) is 4.56. The van der Waals surface area contributed by atoms with E-state index in [1.807, 2.05) is 6.26 Å². The Hall–Kier alpha value is -0.123. The van der Waals surface area contributed by atoms with E-state index in [0.29, 0.717) is 25.2 Å². The minimum atomic E-state index is -2.55. The van der Waals surface area contributed by atoms with E-state index in [0.717, 1.165) is 24.6 Å². The van der Waals surface area contributed by atoms with Crippen LogP contribution in [0.1, 0.15) is 32.1 Å². The molecule has 0 aromatic heterocycles. The van der Waals surface area contributed by atoms with Crippen molar-refractivity contribution >= 4 is 26.5 Å². The summed E-state index contributed by atoms with van der Waals surface area (Å²) in [5.74, 6) is 0.909. The summed E-state index contributed by atoms with van der Waals surface area (Å²) in [4.78, 5) is 11.7. The Morgan fingerprint density at radius 3 is 2.39 bits per heavy atom. The highest BCUT2D eigenvalue weighted by molar-refractivity contribution is 7.98. The summed E-state index contributed by atoms with van der Waals surface area (Å²) < 4.78 is 21.7. The Bertz CT molecular complexity index is 345. The van der Waals surface area contributed by atoms with Gasteiger partial charge in [0.2, 0.25) is 0 Å². The second kappa shape index (κ2) is 10.7. The normalized spacial score (nSPS) is 25.3. The molecule has 8 heteroatoms. The molecular weight excluding hydrogens is 336 g/mol. The van der Waals surface area contributed by atoms with E-state index in [4.69, 9.17) is 18.0 Å². The molecule has 1 saturated carbocycles. The first kappa shape index (κ1) is 20.9. The van der Waals surface area contributed by atoms with Crippen molar-refractivity contribution in [2.45, 2.75) is 50.4 Å². The number of hydrogen-bond donors (Lipinski definition) is 1. The lowest BCUT2D eigenvalue weighted by atomic mass is 9.84. The molecule has 1 fully saturated rings. The largest absolute Gasteiger partial charge is 0.500 e. The Labute approximate surface area is 144 Å². The van der Waals surface area contributed by atoms with Crippen LogP contribution < -0.4 is 0 Å². The summed E-state index contributed by atoms with van der Waals surface area (Å²) in [7, 11) is 2.28. The number of aliphatic hydroxyl groups excluding tert-OH is 1. The van der Waals surface area contributed by atoms with Crippen molar-refractivity contribution in [1.82, 2.24) is 0 Å². The second-order valence-corrected chi connectivity index (χ2v) is 9.93. The average molecular weight is 367 g/mol. The number of thioether (sulfide) groups is 1. The van der Waals surface area contributed by atoms with Crippen molar-refractivity contribution < 1.29 is 27.9 Å². The molecule has 3 unspecified atom stereocenters. The summed E-state index contributed by atoms with van der Waals surface area (Å²) in [6, 6.07) is 0.728. The van der Waals surface area contributed by atoms with E-state index in [1.54, 1.807) is 33.1 Å². The molecule has 136 valence electrons. The molecule has 0 aromatic carbocycles. The molecule has 0 bridgehead atoms. The number of aliphatic hydroxyl groups is 1. The Balaban J connectivity index is 2.39. The van der Waals surface area contributed by atoms with Gasteiger partial charge in [-0.15, -0.1) is 0 Å². The summed E-state index contributed by atoms with van der Waals surface area (Å²) in [6.45, 7) is 0. The van der Waals surface area contributed by atoms with Gasteiger partial charge in [-0.05, 0) is 37.9 Å². The van der Waals surface area contributed by atoms with Crippen molar-refractivity contribution in [3.63, 3.8) is 0 Å². The average Bonchev–Trinajstić information content (AvgIpc) is 2.57. The number of carbonyl (C=O) groups excluding carboxylic acids is 1. The molecule has 0 amide bonds. The zero-order chi connectivity index (χ0) is 17.3. The van der Waals surface area contributed by atoms with Gasteiger partial charge in [0, 0.05) is 33.1 Å². The second-order valence-electron chi connectivity index (χ2n) is 5.85. The molecule has 0 heterocycles.